The summed E-state index contributed by atoms with van der Waals surface area (Å²) < 4.78 is 1.17. The molecular formula is C22H14N2S. The highest BCUT2D eigenvalue weighted by atomic mass is 32.1. The van der Waals surface area contributed by atoms with Crippen molar-refractivity contribution < 1.29 is 0 Å². The molecule has 3 heteroatoms. The molecule has 0 saturated carbocycles. The summed E-state index contributed by atoms with van der Waals surface area (Å²) in [4.78, 5) is 4.57. The fraction of sp³-hybridized carbons (Fsp3) is 0. The van der Waals surface area contributed by atoms with E-state index in [1.54, 1.807) is 11.3 Å². The number of thiazole rings is 1. The van der Waals surface area contributed by atoms with Gasteiger partial charge in [0.25, 0.3) is 0 Å². The molecule has 0 spiro atoms. The molecule has 2 nitrogen and oxygen atoms in total. The molecule has 0 radical (unpaired) electrons. The molecular weight excluding hydrogens is 324 g/mol. The van der Waals surface area contributed by atoms with Gasteiger partial charge in [-0.05, 0) is 41.0 Å². The molecule has 0 aliphatic heterocycles. The molecule has 4 aromatic rings. The van der Waals surface area contributed by atoms with E-state index in [1.165, 1.54) is 4.70 Å². The Labute approximate surface area is 150 Å². The van der Waals surface area contributed by atoms with E-state index in [2.05, 4.69) is 47.5 Å². The van der Waals surface area contributed by atoms with Crippen molar-refractivity contribution in [3.8, 4) is 6.07 Å². The van der Waals surface area contributed by atoms with Crippen LogP contribution < -0.4 is 0 Å². The number of rotatable bonds is 3. The monoisotopic (exact) mass is 338 g/mol. The van der Waals surface area contributed by atoms with Gasteiger partial charge in [-0.15, -0.1) is 11.3 Å². The lowest BCUT2D eigenvalue weighted by molar-refractivity contribution is 1.46. The van der Waals surface area contributed by atoms with Crippen LogP contribution in [0.1, 0.15) is 22.3 Å². The molecule has 0 N–H and O–H groups in total. The molecule has 0 bridgehead atoms. The zero-order valence-electron chi connectivity index (χ0n) is 13.4. The topological polar surface area (TPSA) is 36.7 Å². The van der Waals surface area contributed by atoms with Gasteiger partial charge in [-0.1, -0.05) is 54.6 Å². The quantitative estimate of drug-likeness (QED) is 0.445. The Hall–Kier alpha value is -3.22. The van der Waals surface area contributed by atoms with E-state index in [0.717, 1.165) is 27.8 Å². The van der Waals surface area contributed by atoms with Crippen molar-refractivity contribution in [3.05, 3.63) is 101 Å². The zero-order chi connectivity index (χ0) is 17.1. The van der Waals surface area contributed by atoms with Gasteiger partial charge in [0.2, 0.25) is 0 Å². The number of hydrogen-bond donors (Lipinski definition) is 0. The minimum atomic E-state index is 0.662. The zero-order valence-corrected chi connectivity index (χ0v) is 14.2. The van der Waals surface area contributed by atoms with Gasteiger partial charge < -0.3 is 0 Å². The summed E-state index contributed by atoms with van der Waals surface area (Å²) in [5, 5.41) is 9.06. The van der Waals surface area contributed by atoms with Crippen LogP contribution in [0, 0.1) is 11.3 Å². The average molecular weight is 338 g/mol. The molecule has 0 atom stereocenters. The van der Waals surface area contributed by atoms with Crippen LogP contribution in [0.5, 0.6) is 0 Å². The van der Waals surface area contributed by atoms with Gasteiger partial charge in [0.05, 0.1) is 27.4 Å². The number of nitrogens with zero attached hydrogens (tertiary/aromatic N) is 2. The van der Waals surface area contributed by atoms with Crippen LogP contribution in [0.3, 0.4) is 0 Å². The third-order valence-electron chi connectivity index (χ3n) is 4.09. The van der Waals surface area contributed by atoms with Crippen LogP contribution in [-0.4, -0.2) is 4.98 Å². The van der Waals surface area contributed by atoms with Crippen LogP contribution >= 0.6 is 11.3 Å². The minimum Gasteiger partial charge on any atom is -0.244 e. The van der Waals surface area contributed by atoms with Crippen molar-refractivity contribution in [1.29, 1.82) is 5.26 Å². The molecule has 1 heterocycles. The van der Waals surface area contributed by atoms with Gasteiger partial charge in [-0.3, -0.25) is 0 Å². The summed E-state index contributed by atoms with van der Waals surface area (Å²) in [5.74, 6) is 0. The molecule has 0 aliphatic carbocycles. The van der Waals surface area contributed by atoms with E-state index in [9.17, 15) is 0 Å². The van der Waals surface area contributed by atoms with Crippen molar-refractivity contribution >= 4 is 33.2 Å². The Morgan fingerprint density at radius 2 is 1.72 bits per heavy atom. The van der Waals surface area contributed by atoms with Crippen molar-refractivity contribution in [1.82, 2.24) is 4.98 Å². The Balaban J connectivity index is 1.94. The predicted molar refractivity (Wildman–Crippen MR) is 104 cm³/mol. The highest BCUT2D eigenvalue weighted by molar-refractivity contribution is 7.16. The van der Waals surface area contributed by atoms with E-state index >= 15 is 0 Å². The van der Waals surface area contributed by atoms with Crippen LogP contribution in [0.25, 0.3) is 21.9 Å². The number of benzene rings is 3. The molecule has 0 aliphatic rings. The highest BCUT2D eigenvalue weighted by Gasteiger charge is 2.11. The van der Waals surface area contributed by atoms with E-state index in [1.807, 2.05) is 48.0 Å². The normalized spacial score (nSPS) is 11.4. The van der Waals surface area contributed by atoms with Gasteiger partial charge in [-0.2, -0.15) is 5.26 Å². The number of fused-ring (bicyclic) bond motifs is 1. The second-order valence-electron chi connectivity index (χ2n) is 5.66. The first kappa shape index (κ1) is 15.3. The average Bonchev–Trinajstić information content (AvgIpc) is 3.16. The van der Waals surface area contributed by atoms with Gasteiger partial charge in [-0.25, -0.2) is 4.98 Å². The van der Waals surface area contributed by atoms with E-state index < -0.39 is 0 Å². The number of aromatic nitrogens is 1. The molecule has 4 rings (SSSR count). The Morgan fingerprint density at radius 1 is 0.920 bits per heavy atom. The Morgan fingerprint density at radius 3 is 2.48 bits per heavy atom. The molecule has 1 aromatic heterocycles. The molecule has 0 unspecified atom stereocenters. The van der Waals surface area contributed by atoms with Crippen LogP contribution in [0.15, 0.2) is 78.3 Å². The van der Waals surface area contributed by atoms with Gasteiger partial charge in [0.15, 0.2) is 0 Å². The lowest BCUT2D eigenvalue weighted by atomic mass is 9.94. The van der Waals surface area contributed by atoms with E-state index in [0.29, 0.717) is 5.56 Å². The van der Waals surface area contributed by atoms with Gasteiger partial charge in [0.1, 0.15) is 0 Å². The van der Waals surface area contributed by atoms with Crippen LogP contribution in [0.2, 0.25) is 0 Å². The summed E-state index contributed by atoms with van der Waals surface area (Å²) in [7, 11) is 0. The molecule has 0 fully saturated rings. The fourth-order valence-corrected chi connectivity index (χ4v) is 3.56. The minimum absolute atomic E-state index is 0.662. The smallest absolute Gasteiger partial charge is 0.0991 e. The summed E-state index contributed by atoms with van der Waals surface area (Å²) in [6.07, 6.45) is 2.18. The summed E-state index contributed by atoms with van der Waals surface area (Å²) in [5.41, 5.74) is 7.97. The van der Waals surface area contributed by atoms with Crippen molar-refractivity contribution in [3.63, 3.8) is 0 Å². The van der Waals surface area contributed by atoms with E-state index in [-0.39, 0.29) is 0 Å². The maximum Gasteiger partial charge on any atom is 0.0991 e. The lowest BCUT2D eigenvalue weighted by Crippen LogP contribution is -1.91. The van der Waals surface area contributed by atoms with Crippen molar-refractivity contribution in [2.75, 3.05) is 0 Å². The molecule has 118 valence electrons. The first-order valence-electron chi connectivity index (χ1n) is 7.95. The molecule has 0 amide bonds. The lowest BCUT2D eigenvalue weighted by Gasteiger charge is -2.10. The second-order valence-corrected chi connectivity index (χ2v) is 6.55. The van der Waals surface area contributed by atoms with Crippen LogP contribution in [-0.2, 0) is 0 Å². The maximum atomic E-state index is 9.06. The molecule has 0 saturated heterocycles. The number of para-hydroxylation sites is 1. The third-order valence-corrected chi connectivity index (χ3v) is 4.88. The molecule has 3 aromatic carbocycles. The first-order chi connectivity index (χ1) is 12.3. The predicted octanol–water partition coefficient (Wildman–Crippen LogP) is 5.76. The Bertz CT molecular complexity index is 1080. The largest absolute Gasteiger partial charge is 0.244 e. The standard InChI is InChI=1S/C22H14N2S/c23-14-17-9-11-18(12-10-17)20(13-16-5-2-1-3-6-16)19-7-4-8-21-22(19)24-15-25-21/h1-13,15H. The number of nitriles is 1. The van der Waals surface area contributed by atoms with Gasteiger partial charge >= 0.3 is 0 Å². The van der Waals surface area contributed by atoms with E-state index in [4.69, 9.17) is 5.26 Å². The van der Waals surface area contributed by atoms with Gasteiger partial charge in [0, 0.05) is 5.56 Å². The summed E-state index contributed by atoms with van der Waals surface area (Å²) in [6, 6.07) is 26.4. The van der Waals surface area contributed by atoms with Crippen LogP contribution in [0.4, 0.5) is 0 Å². The number of hydrogen-bond acceptors (Lipinski definition) is 3. The summed E-state index contributed by atoms with van der Waals surface area (Å²) in [6.45, 7) is 0. The highest BCUT2D eigenvalue weighted by Crippen LogP contribution is 2.32. The second kappa shape index (κ2) is 6.72. The maximum absolute atomic E-state index is 9.06. The third kappa shape index (κ3) is 3.08. The molecule has 25 heavy (non-hydrogen) atoms. The summed E-state index contributed by atoms with van der Waals surface area (Å²) >= 11 is 1.65. The first-order valence-corrected chi connectivity index (χ1v) is 8.83. The van der Waals surface area contributed by atoms with Crippen molar-refractivity contribution in [2.24, 2.45) is 0 Å². The van der Waals surface area contributed by atoms with Crippen molar-refractivity contribution in [2.45, 2.75) is 0 Å². The SMILES string of the molecule is N#Cc1ccc(C(=Cc2ccccc2)c2cccc3scnc23)cc1. The fourth-order valence-electron chi connectivity index (χ4n) is 2.86. The Kier molecular flexibility index (Phi) is 4.12.